The zero-order valence-electron chi connectivity index (χ0n) is 17.7. The topological polar surface area (TPSA) is 110 Å². The number of carboxylic acids is 1. The van der Waals surface area contributed by atoms with Gasteiger partial charge in [0, 0.05) is 61.7 Å². The van der Waals surface area contributed by atoms with Crippen molar-refractivity contribution in [3.05, 3.63) is 54.5 Å². The first-order valence-corrected chi connectivity index (χ1v) is 9.77. The number of carbonyl (C=O) groups is 1. The summed E-state index contributed by atoms with van der Waals surface area (Å²) in [6, 6.07) is 9.01. The van der Waals surface area contributed by atoms with Crippen molar-refractivity contribution in [2.75, 3.05) is 44.1 Å². The first kappa shape index (κ1) is 22.0. The molecule has 0 aliphatic carbocycles. The lowest BCUT2D eigenvalue weighted by atomic mass is 10.1. The van der Waals surface area contributed by atoms with E-state index >= 15 is 0 Å². The number of pyridine rings is 1. The van der Waals surface area contributed by atoms with Gasteiger partial charge in [-0.2, -0.15) is 4.98 Å². The minimum atomic E-state index is -1.04. The Bertz CT molecular complexity index is 1040. The Morgan fingerprint density at radius 2 is 2.06 bits per heavy atom. The second-order valence-electron chi connectivity index (χ2n) is 6.67. The van der Waals surface area contributed by atoms with Crippen LogP contribution in [0.2, 0.25) is 0 Å². The minimum Gasteiger partial charge on any atom is -0.497 e. The summed E-state index contributed by atoms with van der Waals surface area (Å²) in [4.78, 5) is 26.5. The van der Waals surface area contributed by atoms with Gasteiger partial charge in [0.1, 0.15) is 11.6 Å². The van der Waals surface area contributed by atoms with Crippen molar-refractivity contribution < 1.29 is 19.4 Å². The molecule has 0 bridgehead atoms. The number of aromatic carboxylic acids is 1. The number of hydrogen-bond donors (Lipinski definition) is 2. The van der Waals surface area contributed by atoms with Crippen LogP contribution in [0.1, 0.15) is 17.3 Å². The molecule has 162 valence electrons. The van der Waals surface area contributed by atoms with E-state index in [9.17, 15) is 9.90 Å². The normalized spacial score (nSPS) is 10.5. The van der Waals surface area contributed by atoms with E-state index in [0.717, 1.165) is 5.69 Å². The maximum absolute atomic E-state index is 11.4. The molecule has 0 amide bonds. The molecule has 0 radical (unpaired) electrons. The highest BCUT2D eigenvalue weighted by Gasteiger charge is 2.16. The summed E-state index contributed by atoms with van der Waals surface area (Å²) >= 11 is 0. The smallest absolute Gasteiger partial charge is 0.337 e. The van der Waals surface area contributed by atoms with Crippen molar-refractivity contribution in [2.45, 2.75) is 6.92 Å². The van der Waals surface area contributed by atoms with E-state index in [1.807, 2.05) is 43.1 Å². The Balaban J connectivity index is 1.97. The van der Waals surface area contributed by atoms with E-state index in [1.165, 1.54) is 6.20 Å². The summed E-state index contributed by atoms with van der Waals surface area (Å²) in [6.45, 7) is 3.69. The van der Waals surface area contributed by atoms with Gasteiger partial charge in [-0.1, -0.05) is 6.07 Å². The molecular weight excluding hydrogens is 398 g/mol. The highest BCUT2D eigenvalue weighted by Crippen LogP contribution is 2.30. The van der Waals surface area contributed by atoms with Crippen LogP contribution < -0.4 is 15.0 Å². The van der Waals surface area contributed by atoms with Gasteiger partial charge in [-0.05, 0) is 25.1 Å². The van der Waals surface area contributed by atoms with Gasteiger partial charge >= 0.3 is 5.97 Å². The molecule has 0 atom stereocenters. The fourth-order valence-electron chi connectivity index (χ4n) is 2.91. The molecule has 2 heterocycles. The molecule has 0 unspecified atom stereocenters. The van der Waals surface area contributed by atoms with Crippen LogP contribution >= 0.6 is 0 Å². The fourth-order valence-corrected chi connectivity index (χ4v) is 2.91. The Morgan fingerprint density at radius 1 is 1.23 bits per heavy atom. The molecule has 3 rings (SSSR count). The van der Waals surface area contributed by atoms with Gasteiger partial charge < -0.3 is 24.8 Å². The third-order valence-electron chi connectivity index (χ3n) is 4.53. The van der Waals surface area contributed by atoms with Crippen molar-refractivity contribution in [2.24, 2.45) is 0 Å². The first-order valence-electron chi connectivity index (χ1n) is 9.77. The molecule has 2 aromatic heterocycles. The third-order valence-corrected chi connectivity index (χ3v) is 4.53. The molecule has 0 aliphatic rings. The molecule has 2 N–H and O–H groups in total. The molecule has 9 heteroatoms. The van der Waals surface area contributed by atoms with Crippen LogP contribution in [0.4, 0.5) is 17.5 Å². The number of ether oxygens (including phenoxy) is 2. The number of methoxy groups -OCH3 is 1. The van der Waals surface area contributed by atoms with Crippen LogP contribution in [0, 0.1) is 0 Å². The largest absolute Gasteiger partial charge is 0.497 e. The van der Waals surface area contributed by atoms with E-state index in [1.54, 1.807) is 25.6 Å². The number of likely N-dealkylation sites (N-methyl/N-ethyl adjacent to an activating group) is 1. The van der Waals surface area contributed by atoms with Gasteiger partial charge in [0.25, 0.3) is 0 Å². The van der Waals surface area contributed by atoms with Crippen molar-refractivity contribution in [1.82, 2.24) is 15.0 Å². The Morgan fingerprint density at radius 3 is 2.81 bits per heavy atom. The Kier molecular flexibility index (Phi) is 7.34. The number of rotatable bonds is 10. The number of carboxylic acid groups (broad SMARTS) is 1. The van der Waals surface area contributed by atoms with Crippen LogP contribution in [0.25, 0.3) is 11.1 Å². The average Bonchev–Trinajstić information content (AvgIpc) is 2.79. The summed E-state index contributed by atoms with van der Waals surface area (Å²) in [5, 5.41) is 12.5. The Hall–Kier alpha value is -3.72. The average molecular weight is 423 g/mol. The van der Waals surface area contributed by atoms with Gasteiger partial charge in [0.05, 0.1) is 19.3 Å². The van der Waals surface area contributed by atoms with Crippen LogP contribution in [-0.2, 0) is 4.74 Å². The molecule has 3 aromatic rings. The Labute approximate surface area is 180 Å². The zero-order chi connectivity index (χ0) is 22.2. The molecule has 0 spiro atoms. The van der Waals surface area contributed by atoms with E-state index < -0.39 is 5.97 Å². The third kappa shape index (κ3) is 5.67. The van der Waals surface area contributed by atoms with Crippen LogP contribution in [0.15, 0.2) is 48.9 Å². The van der Waals surface area contributed by atoms with Crippen molar-refractivity contribution >= 4 is 23.4 Å². The molecular formula is C22H25N5O4. The number of benzene rings is 1. The number of nitrogens with one attached hydrogen (secondary N) is 1. The first-order chi connectivity index (χ1) is 15.0. The molecule has 0 aliphatic heterocycles. The fraction of sp³-hybridized carbons (Fsp3) is 0.273. The molecule has 1 aromatic carbocycles. The highest BCUT2D eigenvalue weighted by atomic mass is 16.5. The molecule has 0 fully saturated rings. The maximum atomic E-state index is 11.4. The quantitative estimate of drug-likeness (QED) is 0.474. The van der Waals surface area contributed by atoms with Gasteiger partial charge in [-0.15, -0.1) is 0 Å². The van der Waals surface area contributed by atoms with E-state index in [0.29, 0.717) is 48.4 Å². The summed E-state index contributed by atoms with van der Waals surface area (Å²) in [5.41, 5.74) is 2.17. The molecule has 31 heavy (non-hydrogen) atoms. The van der Waals surface area contributed by atoms with Crippen molar-refractivity contribution in [1.29, 1.82) is 0 Å². The molecule has 9 nitrogen and oxygen atoms in total. The predicted octanol–water partition coefficient (Wildman–Crippen LogP) is 3.46. The van der Waals surface area contributed by atoms with Crippen molar-refractivity contribution in [3.63, 3.8) is 0 Å². The maximum Gasteiger partial charge on any atom is 0.337 e. The van der Waals surface area contributed by atoms with Crippen LogP contribution in [-0.4, -0.2) is 59.9 Å². The highest BCUT2D eigenvalue weighted by molar-refractivity contribution is 5.89. The lowest BCUT2D eigenvalue weighted by molar-refractivity contribution is 0.0696. The summed E-state index contributed by atoms with van der Waals surface area (Å²) in [7, 11) is 3.50. The SMILES string of the molecule is CCOCCN(C)c1nc(Nc2cccc(OC)c2)ncc1-c1cncc(C(=O)O)c1. The van der Waals surface area contributed by atoms with E-state index in [-0.39, 0.29) is 5.56 Å². The number of nitrogens with zero attached hydrogens (tertiary/aromatic N) is 4. The van der Waals surface area contributed by atoms with Crippen LogP contribution in [0.3, 0.4) is 0 Å². The van der Waals surface area contributed by atoms with Gasteiger partial charge in [0.15, 0.2) is 0 Å². The standard InChI is InChI=1S/C22H25N5O4/c1-4-31-9-8-27(2)20-19(15-10-16(21(28)29)13-23-12-15)14-24-22(26-20)25-17-6-5-7-18(11-17)30-3/h5-7,10-14H,4,8-9H2,1-3H3,(H,28,29)(H,24,25,26). The summed E-state index contributed by atoms with van der Waals surface area (Å²) < 4.78 is 10.7. The monoisotopic (exact) mass is 423 g/mol. The number of hydrogen-bond acceptors (Lipinski definition) is 8. The van der Waals surface area contributed by atoms with Crippen LogP contribution in [0.5, 0.6) is 5.75 Å². The summed E-state index contributed by atoms with van der Waals surface area (Å²) in [5.74, 6) is 0.701. The zero-order valence-corrected chi connectivity index (χ0v) is 17.7. The second-order valence-corrected chi connectivity index (χ2v) is 6.67. The van der Waals surface area contributed by atoms with E-state index in [2.05, 4.69) is 20.3 Å². The number of aromatic nitrogens is 3. The van der Waals surface area contributed by atoms with E-state index in [4.69, 9.17) is 9.47 Å². The molecule has 0 saturated heterocycles. The molecule has 0 saturated carbocycles. The summed E-state index contributed by atoms with van der Waals surface area (Å²) in [6.07, 6.45) is 4.56. The van der Waals surface area contributed by atoms with Gasteiger partial charge in [-0.25, -0.2) is 9.78 Å². The lowest BCUT2D eigenvalue weighted by Crippen LogP contribution is -2.24. The number of anilines is 3. The van der Waals surface area contributed by atoms with Gasteiger partial charge in [-0.3, -0.25) is 4.98 Å². The predicted molar refractivity (Wildman–Crippen MR) is 118 cm³/mol. The van der Waals surface area contributed by atoms with Crippen molar-refractivity contribution in [3.8, 4) is 16.9 Å². The second kappa shape index (κ2) is 10.4. The lowest BCUT2D eigenvalue weighted by Gasteiger charge is -2.22. The van der Waals surface area contributed by atoms with Gasteiger partial charge in [0.2, 0.25) is 5.95 Å². The minimum absolute atomic E-state index is 0.0963.